The zero-order valence-corrected chi connectivity index (χ0v) is 15.7. The van der Waals surface area contributed by atoms with E-state index in [9.17, 15) is 13.2 Å². The van der Waals surface area contributed by atoms with Crippen LogP contribution in [0.5, 0.6) is 0 Å². The molecule has 7 nitrogen and oxygen atoms in total. The minimum absolute atomic E-state index is 0.0248. The molecule has 0 bridgehead atoms. The largest absolute Gasteiger partial charge is 0.383 e. The number of carbonyl (C=O) groups is 1. The highest BCUT2D eigenvalue weighted by Crippen LogP contribution is 2.17. The van der Waals surface area contributed by atoms with Crippen molar-refractivity contribution in [2.24, 2.45) is 0 Å². The first-order chi connectivity index (χ1) is 11.8. The van der Waals surface area contributed by atoms with E-state index in [0.29, 0.717) is 13.2 Å². The third-order valence-electron chi connectivity index (χ3n) is 4.00. The minimum Gasteiger partial charge on any atom is -0.383 e. The second-order valence-electron chi connectivity index (χ2n) is 5.82. The van der Waals surface area contributed by atoms with Gasteiger partial charge in [0.25, 0.3) is 5.91 Å². The quantitative estimate of drug-likeness (QED) is 0.803. The van der Waals surface area contributed by atoms with Gasteiger partial charge in [-0.3, -0.25) is 9.48 Å². The van der Waals surface area contributed by atoms with E-state index in [2.05, 4.69) is 10.4 Å². The normalized spacial score (nSPS) is 11.5. The summed E-state index contributed by atoms with van der Waals surface area (Å²) in [7, 11) is -1.84. The van der Waals surface area contributed by atoms with E-state index in [1.165, 1.54) is 12.1 Å². The second kappa shape index (κ2) is 7.79. The molecule has 1 N–H and O–H groups in total. The highest BCUT2D eigenvalue weighted by molar-refractivity contribution is 7.90. The number of rotatable bonds is 7. The molecule has 25 heavy (non-hydrogen) atoms. The third kappa shape index (κ3) is 4.46. The molecule has 0 aliphatic heterocycles. The molecule has 0 atom stereocenters. The number of aromatic nitrogens is 2. The molecule has 0 saturated carbocycles. The predicted octanol–water partition coefficient (Wildman–Crippen LogP) is 1.48. The lowest BCUT2D eigenvalue weighted by atomic mass is 10.1. The number of benzene rings is 1. The molecule has 0 aliphatic rings. The average molecular weight is 365 g/mol. The molecule has 1 amide bonds. The lowest BCUT2D eigenvalue weighted by Crippen LogP contribution is -2.25. The van der Waals surface area contributed by atoms with Crippen LogP contribution >= 0.6 is 0 Å². The van der Waals surface area contributed by atoms with Gasteiger partial charge in [-0.15, -0.1) is 0 Å². The monoisotopic (exact) mass is 365 g/mol. The molecule has 0 radical (unpaired) electrons. The summed E-state index contributed by atoms with van der Waals surface area (Å²) in [5.41, 5.74) is 2.84. The Bertz CT molecular complexity index is 872. The predicted molar refractivity (Wildman–Crippen MR) is 94.3 cm³/mol. The van der Waals surface area contributed by atoms with E-state index in [0.717, 1.165) is 23.2 Å². The fraction of sp³-hybridized carbons (Fsp3) is 0.412. The minimum atomic E-state index is -3.48. The van der Waals surface area contributed by atoms with Crippen molar-refractivity contribution in [2.45, 2.75) is 31.8 Å². The van der Waals surface area contributed by atoms with Gasteiger partial charge < -0.3 is 10.1 Å². The van der Waals surface area contributed by atoms with E-state index < -0.39 is 15.7 Å². The first kappa shape index (κ1) is 19.1. The number of methoxy groups -OCH3 is 1. The van der Waals surface area contributed by atoms with Crippen LogP contribution in [0.2, 0.25) is 0 Å². The van der Waals surface area contributed by atoms with Gasteiger partial charge in [-0.2, -0.15) is 5.10 Å². The molecular formula is C17H23N3O4S. The molecule has 0 unspecified atom stereocenters. The number of carbonyl (C=O) groups excluding carboxylic acids is 1. The Morgan fingerprint density at radius 1 is 1.28 bits per heavy atom. The Labute approximate surface area is 147 Å². The number of aryl methyl sites for hydroxylation is 1. The fourth-order valence-electron chi connectivity index (χ4n) is 2.63. The number of nitrogens with one attached hydrogen (secondary N) is 1. The summed E-state index contributed by atoms with van der Waals surface area (Å²) in [5.74, 6) is -0.426. The Kier molecular flexibility index (Phi) is 5.97. The van der Waals surface area contributed by atoms with Crippen molar-refractivity contribution >= 4 is 15.7 Å². The first-order valence-corrected chi connectivity index (χ1v) is 9.74. The van der Waals surface area contributed by atoms with Gasteiger partial charge in [0.1, 0.15) is 0 Å². The molecule has 0 spiro atoms. The maximum Gasteiger partial charge on any atom is 0.252 e. The van der Waals surface area contributed by atoms with Crippen LogP contribution in [0.15, 0.2) is 29.2 Å². The number of hydrogen-bond acceptors (Lipinski definition) is 5. The lowest BCUT2D eigenvalue weighted by molar-refractivity contribution is 0.0947. The van der Waals surface area contributed by atoms with Crippen molar-refractivity contribution in [1.82, 2.24) is 15.1 Å². The van der Waals surface area contributed by atoms with Gasteiger partial charge >= 0.3 is 0 Å². The van der Waals surface area contributed by atoms with Crippen LogP contribution in [-0.2, 0) is 27.7 Å². The summed E-state index contributed by atoms with van der Waals surface area (Å²) in [6.07, 6.45) is 1.09. The summed E-state index contributed by atoms with van der Waals surface area (Å²) in [6, 6.07) is 6.18. The Morgan fingerprint density at radius 2 is 1.96 bits per heavy atom. The van der Waals surface area contributed by atoms with Crippen LogP contribution in [0.25, 0.3) is 0 Å². The van der Waals surface area contributed by atoms with Crippen molar-refractivity contribution in [2.75, 3.05) is 20.0 Å². The van der Waals surface area contributed by atoms with Crippen LogP contribution in [-0.4, -0.2) is 44.1 Å². The highest BCUT2D eigenvalue weighted by Gasteiger charge is 2.19. The van der Waals surface area contributed by atoms with Crippen molar-refractivity contribution in [1.29, 1.82) is 0 Å². The summed E-state index contributed by atoms with van der Waals surface area (Å²) in [6.45, 7) is 5.27. The van der Waals surface area contributed by atoms with Crippen molar-refractivity contribution in [3.05, 3.63) is 46.8 Å². The van der Waals surface area contributed by atoms with E-state index in [-0.39, 0.29) is 17.0 Å². The number of hydrogen-bond donors (Lipinski definition) is 1. The number of amides is 1. The summed E-state index contributed by atoms with van der Waals surface area (Å²) >= 11 is 0. The summed E-state index contributed by atoms with van der Waals surface area (Å²) in [4.78, 5) is 12.5. The van der Waals surface area contributed by atoms with Crippen LogP contribution in [0.1, 0.15) is 27.3 Å². The SMILES string of the molecule is COCCn1nc(C)c(CNC(=O)c2ccccc2S(C)(=O)=O)c1C. The van der Waals surface area contributed by atoms with Gasteiger partial charge in [0.2, 0.25) is 0 Å². The number of nitrogens with zero attached hydrogens (tertiary/aromatic N) is 2. The molecule has 0 saturated heterocycles. The summed E-state index contributed by atoms with van der Waals surface area (Å²) in [5, 5.41) is 7.24. The molecule has 2 rings (SSSR count). The first-order valence-electron chi connectivity index (χ1n) is 7.84. The van der Waals surface area contributed by atoms with Gasteiger partial charge in [0.15, 0.2) is 9.84 Å². The van der Waals surface area contributed by atoms with Gasteiger partial charge in [-0.25, -0.2) is 8.42 Å². The zero-order valence-electron chi connectivity index (χ0n) is 14.9. The smallest absolute Gasteiger partial charge is 0.252 e. The van der Waals surface area contributed by atoms with Crippen molar-refractivity contribution < 1.29 is 17.9 Å². The highest BCUT2D eigenvalue weighted by atomic mass is 32.2. The van der Waals surface area contributed by atoms with Crippen molar-refractivity contribution in [3.63, 3.8) is 0 Å². The molecule has 8 heteroatoms. The van der Waals surface area contributed by atoms with E-state index in [4.69, 9.17) is 4.74 Å². The maximum atomic E-state index is 12.5. The van der Waals surface area contributed by atoms with Crippen molar-refractivity contribution in [3.8, 4) is 0 Å². The Morgan fingerprint density at radius 3 is 2.60 bits per heavy atom. The zero-order chi connectivity index (χ0) is 18.6. The van der Waals surface area contributed by atoms with Crippen LogP contribution < -0.4 is 5.32 Å². The van der Waals surface area contributed by atoms with E-state index >= 15 is 0 Å². The molecule has 1 heterocycles. The third-order valence-corrected chi connectivity index (χ3v) is 5.15. The van der Waals surface area contributed by atoms with Crippen LogP contribution in [0.3, 0.4) is 0 Å². The second-order valence-corrected chi connectivity index (χ2v) is 7.80. The van der Waals surface area contributed by atoms with Gasteiger partial charge in [-0.1, -0.05) is 12.1 Å². The van der Waals surface area contributed by atoms with Crippen LogP contribution in [0.4, 0.5) is 0 Å². The molecule has 2 aromatic rings. The number of sulfone groups is 1. The Balaban J connectivity index is 2.18. The average Bonchev–Trinajstić information content (AvgIpc) is 2.83. The summed E-state index contributed by atoms with van der Waals surface area (Å²) < 4.78 is 30.6. The molecule has 1 aromatic heterocycles. The van der Waals surface area contributed by atoms with Gasteiger partial charge in [-0.05, 0) is 26.0 Å². The van der Waals surface area contributed by atoms with Crippen LogP contribution in [0, 0.1) is 13.8 Å². The molecule has 136 valence electrons. The molecule has 1 aromatic carbocycles. The number of ether oxygens (including phenoxy) is 1. The fourth-order valence-corrected chi connectivity index (χ4v) is 3.51. The molecule has 0 fully saturated rings. The lowest BCUT2D eigenvalue weighted by Gasteiger charge is -2.09. The Hall–Kier alpha value is -2.19. The van der Waals surface area contributed by atoms with E-state index in [1.54, 1.807) is 19.2 Å². The van der Waals surface area contributed by atoms with Gasteiger partial charge in [0.05, 0.1) is 29.3 Å². The standard InChI is InChI=1S/C17H23N3O4S/c1-12-15(13(2)20(19-12)9-10-24-3)11-18-17(21)14-7-5-6-8-16(14)25(4,22)23/h5-8H,9-11H2,1-4H3,(H,18,21). The topological polar surface area (TPSA) is 90.3 Å². The maximum absolute atomic E-state index is 12.5. The molecule has 0 aliphatic carbocycles. The van der Waals surface area contributed by atoms with E-state index in [1.807, 2.05) is 18.5 Å². The molecular weight excluding hydrogens is 342 g/mol. The van der Waals surface area contributed by atoms with Gasteiger partial charge in [0, 0.05) is 31.2 Å².